The first-order valence-corrected chi connectivity index (χ1v) is 3.79. The Hall–Kier alpha value is -0.530. The summed E-state index contributed by atoms with van der Waals surface area (Å²) < 4.78 is 5.12. The van der Waals surface area contributed by atoms with E-state index in [2.05, 4.69) is 18.8 Å². The van der Waals surface area contributed by atoms with Crippen molar-refractivity contribution < 1.29 is 4.74 Å². The lowest BCUT2D eigenvalue weighted by atomic mass is 10.1. The number of nitrogens with zero attached hydrogens (tertiary/aromatic N) is 1. The van der Waals surface area contributed by atoms with Crippen LogP contribution < -0.4 is 0 Å². The highest BCUT2D eigenvalue weighted by Crippen LogP contribution is 2.15. The average Bonchev–Trinajstić information content (AvgIpc) is 2.15. The summed E-state index contributed by atoms with van der Waals surface area (Å²) in [6.07, 6.45) is 0. The van der Waals surface area contributed by atoms with Gasteiger partial charge in [-0.2, -0.15) is 0 Å². The SMILES string of the molecule is CC.CC1=NC(C)(C)CO1. The van der Waals surface area contributed by atoms with Crippen molar-refractivity contribution in [1.82, 2.24) is 0 Å². The Labute approximate surface area is 63.3 Å². The normalized spacial score (nSPS) is 20.3. The van der Waals surface area contributed by atoms with Gasteiger partial charge in [0.05, 0.1) is 5.54 Å². The highest BCUT2D eigenvalue weighted by molar-refractivity contribution is 5.75. The topological polar surface area (TPSA) is 21.6 Å². The molecule has 10 heavy (non-hydrogen) atoms. The predicted octanol–water partition coefficient (Wildman–Crippen LogP) is 2.24. The van der Waals surface area contributed by atoms with Gasteiger partial charge in [-0.1, -0.05) is 13.8 Å². The molecule has 0 fully saturated rings. The number of rotatable bonds is 0. The van der Waals surface area contributed by atoms with Gasteiger partial charge in [-0.15, -0.1) is 0 Å². The molecule has 2 nitrogen and oxygen atoms in total. The van der Waals surface area contributed by atoms with E-state index in [4.69, 9.17) is 4.74 Å². The molecule has 0 N–H and O–H groups in total. The summed E-state index contributed by atoms with van der Waals surface area (Å²) in [5, 5.41) is 0. The second-order valence-electron chi connectivity index (χ2n) is 2.73. The van der Waals surface area contributed by atoms with E-state index in [-0.39, 0.29) is 5.54 Å². The third-order valence-electron chi connectivity index (χ3n) is 1.09. The molecule has 0 spiro atoms. The summed E-state index contributed by atoms with van der Waals surface area (Å²) in [5.74, 6) is 0.815. The number of aliphatic imine (C=N–C) groups is 1. The average molecular weight is 143 g/mol. The monoisotopic (exact) mass is 143 g/mol. The molecule has 0 saturated carbocycles. The summed E-state index contributed by atoms with van der Waals surface area (Å²) in [4.78, 5) is 4.22. The molecule has 0 saturated heterocycles. The van der Waals surface area contributed by atoms with Gasteiger partial charge in [-0.05, 0) is 13.8 Å². The minimum absolute atomic E-state index is 0.0318. The van der Waals surface area contributed by atoms with Crippen LogP contribution >= 0.6 is 0 Å². The molecule has 1 aliphatic heterocycles. The fraction of sp³-hybridized carbons (Fsp3) is 0.875. The zero-order valence-electron chi connectivity index (χ0n) is 7.56. The zero-order valence-corrected chi connectivity index (χ0v) is 7.56. The van der Waals surface area contributed by atoms with E-state index >= 15 is 0 Å². The van der Waals surface area contributed by atoms with Crippen molar-refractivity contribution in [3.05, 3.63) is 0 Å². The predicted molar refractivity (Wildman–Crippen MR) is 44.5 cm³/mol. The van der Waals surface area contributed by atoms with E-state index in [9.17, 15) is 0 Å². The van der Waals surface area contributed by atoms with Crippen LogP contribution in [0, 0.1) is 0 Å². The van der Waals surface area contributed by atoms with Gasteiger partial charge in [-0.3, -0.25) is 0 Å². The maximum Gasteiger partial charge on any atom is 0.180 e. The van der Waals surface area contributed by atoms with Crippen LogP contribution in [0.4, 0.5) is 0 Å². The summed E-state index contributed by atoms with van der Waals surface area (Å²) >= 11 is 0. The van der Waals surface area contributed by atoms with Crippen molar-refractivity contribution in [3.8, 4) is 0 Å². The third kappa shape index (κ3) is 2.85. The summed E-state index contributed by atoms with van der Waals surface area (Å²) in [5.41, 5.74) is 0.0318. The lowest BCUT2D eigenvalue weighted by Gasteiger charge is -2.07. The molecule has 0 atom stereocenters. The Morgan fingerprint density at radius 1 is 1.40 bits per heavy atom. The fourth-order valence-corrected chi connectivity index (χ4v) is 0.772. The van der Waals surface area contributed by atoms with Crippen LogP contribution in [0.2, 0.25) is 0 Å². The van der Waals surface area contributed by atoms with Crippen molar-refractivity contribution in [2.75, 3.05) is 6.61 Å². The van der Waals surface area contributed by atoms with Crippen LogP contribution in [-0.4, -0.2) is 18.0 Å². The van der Waals surface area contributed by atoms with Crippen molar-refractivity contribution in [2.45, 2.75) is 40.2 Å². The largest absolute Gasteiger partial charge is 0.479 e. The number of hydrogen-bond acceptors (Lipinski definition) is 2. The molecule has 0 aromatic rings. The maximum atomic E-state index is 5.12. The standard InChI is InChI=1S/C6H11NO.C2H6/c1-5-7-6(2,3)4-8-5;1-2/h4H2,1-3H3;1-2H3. The highest BCUT2D eigenvalue weighted by Gasteiger charge is 2.23. The molecule has 0 aromatic carbocycles. The molecule has 1 rings (SSSR count). The fourth-order valence-electron chi connectivity index (χ4n) is 0.772. The molecule has 0 amide bonds. The molecular formula is C8H17NO. The van der Waals surface area contributed by atoms with E-state index in [0.717, 1.165) is 12.5 Å². The maximum absolute atomic E-state index is 5.12. The minimum atomic E-state index is 0.0318. The molecular weight excluding hydrogens is 126 g/mol. The van der Waals surface area contributed by atoms with Crippen molar-refractivity contribution in [2.24, 2.45) is 4.99 Å². The molecule has 1 aliphatic rings. The van der Waals surface area contributed by atoms with Crippen LogP contribution in [0.5, 0.6) is 0 Å². The molecule has 0 bridgehead atoms. The molecule has 1 heterocycles. The summed E-state index contributed by atoms with van der Waals surface area (Å²) in [7, 11) is 0. The second-order valence-corrected chi connectivity index (χ2v) is 2.73. The van der Waals surface area contributed by atoms with Crippen LogP contribution in [0.1, 0.15) is 34.6 Å². The first kappa shape index (κ1) is 9.47. The molecule has 0 aromatic heterocycles. The molecule has 60 valence electrons. The van der Waals surface area contributed by atoms with E-state index in [1.54, 1.807) is 0 Å². The Kier molecular flexibility index (Phi) is 3.40. The third-order valence-corrected chi connectivity index (χ3v) is 1.09. The molecule has 0 aliphatic carbocycles. The van der Waals surface area contributed by atoms with Crippen molar-refractivity contribution >= 4 is 5.90 Å². The lowest BCUT2D eigenvalue weighted by Crippen LogP contribution is -2.17. The van der Waals surface area contributed by atoms with Crippen LogP contribution in [0.3, 0.4) is 0 Å². The Morgan fingerprint density at radius 3 is 2.00 bits per heavy atom. The zero-order chi connectivity index (χ0) is 8.20. The van der Waals surface area contributed by atoms with Gasteiger partial charge in [-0.25, -0.2) is 4.99 Å². The van der Waals surface area contributed by atoms with E-state index in [0.29, 0.717) is 0 Å². The van der Waals surface area contributed by atoms with Crippen molar-refractivity contribution in [3.63, 3.8) is 0 Å². The van der Waals surface area contributed by atoms with E-state index in [1.807, 2.05) is 20.8 Å². The van der Waals surface area contributed by atoms with Gasteiger partial charge in [0.25, 0.3) is 0 Å². The molecule has 2 heteroatoms. The van der Waals surface area contributed by atoms with Gasteiger partial charge in [0, 0.05) is 6.92 Å². The van der Waals surface area contributed by atoms with Crippen LogP contribution in [0.25, 0.3) is 0 Å². The Balaban J connectivity index is 0.000000371. The van der Waals surface area contributed by atoms with E-state index in [1.165, 1.54) is 0 Å². The van der Waals surface area contributed by atoms with Crippen molar-refractivity contribution in [1.29, 1.82) is 0 Å². The summed E-state index contributed by atoms with van der Waals surface area (Å²) in [6.45, 7) is 10.7. The summed E-state index contributed by atoms with van der Waals surface area (Å²) in [6, 6.07) is 0. The van der Waals surface area contributed by atoms with Gasteiger partial charge >= 0.3 is 0 Å². The highest BCUT2D eigenvalue weighted by atomic mass is 16.5. The quantitative estimate of drug-likeness (QED) is 0.509. The second kappa shape index (κ2) is 3.59. The van der Waals surface area contributed by atoms with Gasteiger partial charge < -0.3 is 4.74 Å². The van der Waals surface area contributed by atoms with Gasteiger partial charge in [0.15, 0.2) is 5.90 Å². The molecule has 0 unspecified atom stereocenters. The minimum Gasteiger partial charge on any atom is -0.479 e. The smallest absolute Gasteiger partial charge is 0.180 e. The number of hydrogen-bond donors (Lipinski definition) is 0. The first-order chi connectivity index (χ1) is 4.60. The number of ether oxygens (including phenoxy) is 1. The lowest BCUT2D eigenvalue weighted by molar-refractivity contribution is 0.277. The van der Waals surface area contributed by atoms with E-state index < -0.39 is 0 Å². The Bertz CT molecular complexity index is 127. The van der Waals surface area contributed by atoms with Gasteiger partial charge in [0.1, 0.15) is 6.61 Å². The van der Waals surface area contributed by atoms with Crippen LogP contribution in [-0.2, 0) is 4.74 Å². The Morgan fingerprint density at radius 2 is 1.90 bits per heavy atom. The molecule has 0 radical (unpaired) electrons. The first-order valence-electron chi connectivity index (χ1n) is 3.79. The van der Waals surface area contributed by atoms with Crippen LogP contribution in [0.15, 0.2) is 4.99 Å². The van der Waals surface area contributed by atoms with Gasteiger partial charge in [0.2, 0.25) is 0 Å².